The lowest BCUT2D eigenvalue weighted by Crippen LogP contribution is -2.37. The number of aliphatic imine (C=N–C) groups is 1. The first-order valence-electron chi connectivity index (χ1n) is 5.16. The monoisotopic (exact) mass is 283 g/mol. The van der Waals surface area contributed by atoms with Crippen molar-refractivity contribution in [2.75, 3.05) is 7.11 Å². The van der Waals surface area contributed by atoms with Gasteiger partial charge in [-0.1, -0.05) is 13.8 Å². The normalized spacial score (nSPS) is 22.8. The van der Waals surface area contributed by atoms with Crippen LogP contribution in [0.3, 0.4) is 0 Å². The fourth-order valence-corrected chi connectivity index (χ4v) is 1.71. The Balaban J connectivity index is 2.36. The number of ether oxygens (including phenoxy) is 2. The lowest BCUT2D eigenvalue weighted by atomic mass is 10.1. The van der Waals surface area contributed by atoms with Gasteiger partial charge in [0.15, 0.2) is 0 Å². The third-order valence-electron chi connectivity index (χ3n) is 2.60. The molecule has 0 saturated heterocycles. The number of alkyl halides is 1. The van der Waals surface area contributed by atoms with Crippen LogP contribution in [-0.2, 0) is 0 Å². The number of hydrogen-bond donors (Lipinski definition) is 0. The van der Waals surface area contributed by atoms with E-state index >= 15 is 0 Å². The molecule has 1 aliphatic rings. The van der Waals surface area contributed by atoms with Crippen molar-refractivity contribution in [1.29, 1.82) is 0 Å². The molecule has 0 aromatic heterocycles. The van der Waals surface area contributed by atoms with Gasteiger partial charge in [0, 0.05) is 12.0 Å². The number of nitrogens with zero attached hydrogens (tertiary/aromatic N) is 1. The third-order valence-corrected chi connectivity index (χ3v) is 3.88. The summed E-state index contributed by atoms with van der Waals surface area (Å²) in [6.07, 6.45) is 1.79. The van der Waals surface area contributed by atoms with Crippen molar-refractivity contribution < 1.29 is 9.47 Å². The van der Waals surface area contributed by atoms with Gasteiger partial charge in [0.2, 0.25) is 4.51 Å². The first kappa shape index (κ1) is 11.5. The number of hydrogen-bond acceptors (Lipinski definition) is 3. The Kier molecular flexibility index (Phi) is 2.93. The van der Waals surface area contributed by atoms with E-state index in [2.05, 4.69) is 34.8 Å². The van der Waals surface area contributed by atoms with Gasteiger partial charge in [0.25, 0.3) is 0 Å². The Bertz CT molecular complexity index is 431. The summed E-state index contributed by atoms with van der Waals surface area (Å²) in [7, 11) is 1.64. The second-order valence-corrected chi connectivity index (χ2v) is 5.29. The molecule has 0 N–H and O–H groups in total. The summed E-state index contributed by atoms with van der Waals surface area (Å²) < 4.78 is 10.5. The summed E-state index contributed by atoms with van der Waals surface area (Å²) in [5.74, 6) is 1.85. The van der Waals surface area contributed by atoms with Crippen molar-refractivity contribution in [1.82, 2.24) is 0 Å². The first-order valence-corrected chi connectivity index (χ1v) is 5.95. The molecule has 1 aliphatic heterocycles. The van der Waals surface area contributed by atoms with Crippen LogP contribution in [0.4, 0.5) is 5.69 Å². The minimum atomic E-state index is -0.505. The highest BCUT2D eigenvalue weighted by Crippen LogP contribution is 2.41. The van der Waals surface area contributed by atoms with Crippen molar-refractivity contribution in [3.05, 3.63) is 18.2 Å². The number of fused-ring (bicyclic) bond motifs is 1. The van der Waals surface area contributed by atoms with Crippen LogP contribution in [0.15, 0.2) is 23.2 Å². The van der Waals surface area contributed by atoms with E-state index in [1.165, 1.54) is 0 Å². The van der Waals surface area contributed by atoms with E-state index in [0.717, 1.165) is 17.2 Å². The zero-order chi connectivity index (χ0) is 11.8. The van der Waals surface area contributed by atoms with E-state index in [9.17, 15) is 0 Å². The summed E-state index contributed by atoms with van der Waals surface area (Å²) in [4.78, 5) is 4.40. The highest BCUT2D eigenvalue weighted by atomic mass is 79.9. The number of benzene rings is 1. The predicted molar refractivity (Wildman–Crippen MR) is 68.3 cm³/mol. The highest BCUT2D eigenvalue weighted by Gasteiger charge is 2.34. The Morgan fingerprint density at radius 1 is 1.44 bits per heavy atom. The molecule has 1 atom stereocenters. The Labute approximate surface area is 104 Å². The summed E-state index contributed by atoms with van der Waals surface area (Å²) in [6, 6.07) is 5.61. The van der Waals surface area contributed by atoms with E-state index in [0.29, 0.717) is 5.92 Å². The number of rotatable bonds is 2. The standard InChI is InChI=1S/C12H14BrNO2/c1-8(2)12(13)7-14-10-6-9(15-3)4-5-11(10)16-12/h4-8H,1-3H3. The molecule has 0 spiro atoms. The molecule has 3 nitrogen and oxygen atoms in total. The molecule has 1 aromatic carbocycles. The second-order valence-electron chi connectivity index (χ2n) is 4.05. The van der Waals surface area contributed by atoms with Gasteiger partial charge < -0.3 is 9.47 Å². The zero-order valence-corrected chi connectivity index (χ0v) is 11.1. The zero-order valence-electron chi connectivity index (χ0n) is 9.53. The molecule has 16 heavy (non-hydrogen) atoms. The second kappa shape index (κ2) is 4.09. The van der Waals surface area contributed by atoms with Crippen LogP contribution in [0.2, 0.25) is 0 Å². The Hall–Kier alpha value is -1.03. The molecule has 1 unspecified atom stereocenters. The maximum atomic E-state index is 5.89. The Morgan fingerprint density at radius 2 is 2.19 bits per heavy atom. The minimum absolute atomic E-state index is 0.298. The molecule has 0 fully saturated rings. The quantitative estimate of drug-likeness (QED) is 0.778. The molecular formula is C12H14BrNO2. The maximum absolute atomic E-state index is 5.89. The van der Waals surface area contributed by atoms with Crippen LogP contribution in [0.5, 0.6) is 11.5 Å². The molecule has 4 heteroatoms. The topological polar surface area (TPSA) is 30.8 Å². The third kappa shape index (κ3) is 1.94. The van der Waals surface area contributed by atoms with Crippen LogP contribution in [0.1, 0.15) is 13.8 Å². The summed E-state index contributed by atoms with van der Waals surface area (Å²) in [5, 5.41) is 0. The van der Waals surface area contributed by atoms with Gasteiger partial charge in [0.05, 0.1) is 13.3 Å². The van der Waals surface area contributed by atoms with Gasteiger partial charge >= 0.3 is 0 Å². The van der Waals surface area contributed by atoms with E-state index < -0.39 is 4.51 Å². The molecule has 1 aromatic rings. The molecule has 86 valence electrons. The molecule has 0 amide bonds. The van der Waals surface area contributed by atoms with Gasteiger partial charge in [-0.25, -0.2) is 0 Å². The van der Waals surface area contributed by atoms with Crippen molar-refractivity contribution in [2.24, 2.45) is 10.9 Å². The molecule has 1 heterocycles. The number of halogens is 1. The summed E-state index contributed by atoms with van der Waals surface area (Å²) >= 11 is 3.56. The lowest BCUT2D eigenvalue weighted by Gasteiger charge is -2.32. The van der Waals surface area contributed by atoms with Crippen LogP contribution in [0, 0.1) is 5.92 Å². The average Bonchev–Trinajstić information content (AvgIpc) is 2.28. The van der Waals surface area contributed by atoms with Crippen molar-refractivity contribution in [3.63, 3.8) is 0 Å². The van der Waals surface area contributed by atoms with Gasteiger partial charge in [-0.2, -0.15) is 0 Å². The van der Waals surface area contributed by atoms with Gasteiger partial charge in [-0.05, 0) is 28.1 Å². The van der Waals surface area contributed by atoms with Crippen LogP contribution in [0.25, 0.3) is 0 Å². The molecular weight excluding hydrogens is 270 g/mol. The van der Waals surface area contributed by atoms with Gasteiger partial charge in [-0.3, -0.25) is 4.99 Å². The largest absolute Gasteiger partial charge is 0.497 e. The van der Waals surface area contributed by atoms with E-state index in [-0.39, 0.29) is 0 Å². The maximum Gasteiger partial charge on any atom is 0.200 e. The molecule has 0 saturated carbocycles. The van der Waals surface area contributed by atoms with Crippen LogP contribution in [-0.4, -0.2) is 17.8 Å². The fraction of sp³-hybridized carbons (Fsp3) is 0.417. The van der Waals surface area contributed by atoms with Gasteiger partial charge in [0.1, 0.15) is 17.2 Å². The van der Waals surface area contributed by atoms with E-state index in [1.54, 1.807) is 13.3 Å². The lowest BCUT2D eigenvalue weighted by molar-refractivity contribution is 0.190. The summed E-state index contributed by atoms with van der Waals surface area (Å²) in [6.45, 7) is 4.16. The van der Waals surface area contributed by atoms with Gasteiger partial charge in [-0.15, -0.1) is 0 Å². The SMILES string of the molecule is COc1ccc2c(c1)N=CC(Br)(C(C)C)O2. The smallest absolute Gasteiger partial charge is 0.200 e. The highest BCUT2D eigenvalue weighted by molar-refractivity contribution is 9.10. The van der Waals surface area contributed by atoms with Crippen LogP contribution >= 0.6 is 15.9 Å². The summed E-state index contributed by atoms with van der Waals surface area (Å²) in [5.41, 5.74) is 0.801. The molecule has 0 bridgehead atoms. The molecule has 2 rings (SSSR count). The molecule has 0 radical (unpaired) electrons. The molecule has 0 aliphatic carbocycles. The fourth-order valence-electron chi connectivity index (χ4n) is 1.43. The van der Waals surface area contributed by atoms with Crippen molar-refractivity contribution in [3.8, 4) is 11.5 Å². The first-order chi connectivity index (χ1) is 7.55. The van der Waals surface area contributed by atoms with E-state index in [1.807, 2.05) is 18.2 Å². The average molecular weight is 284 g/mol. The van der Waals surface area contributed by atoms with Crippen molar-refractivity contribution in [2.45, 2.75) is 18.4 Å². The van der Waals surface area contributed by atoms with Crippen LogP contribution < -0.4 is 9.47 Å². The minimum Gasteiger partial charge on any atom is -0.497 e. The van der Waals surface area contributed by atoms with E-state index in [4.69, 9.17) is 9.47 Å². The Morgan fingerprint density at radius 3 is 2.81 bits per heavy atom. The van der Waals surface area contributed by atoms with Crippen molar-refractivity contribution >= 4 is 27.8 Å². The number of methoxy groups -OCH3 is 1. The predicted octanol–water partition coefficient (Wildman–Crippen LogP) is 3.54.